The smallest absolute Gasteiger partial charge is 0.0506 e. The van der Waals surface area contributed by atoms with Gasteiger partial charge in [-0.1, -0.05) is 0 Å². The van der Waals surface area contributed by atoms with Crippen LogP contribution in [-0.2, 0) is 18.3 Å². The average molecular weight is 236 g/mol. The minimum Gasteiger partial charge on any atom is -0.381 e. The van der Waals surface area contributed by atoms with E-state index >= 15 is 0 Å². The van der Waals surface area contributed by atoms with Crippen molar-refractivity contribution in [3.63, 3.8) is 0 Å². The van der Waals surface area contributed by atoms with Crippen LogP contribution in [0.2, 0.25) is 0 Å². The Kier molecular flexibility index (Phi) is 4.24. The Labute approximate surface area is 104 Å². The molecule has 1 atom stereocenters. The van der Waals surface area contributed by atoms with Gasteiger partial charge in [-0.25, -0.2) is 0 Å². The fourth-order valence-corrected chi connectivity index (χ4v) is 2.49. The molecule has 1 aliphatic heterocycles. The van der Waals surface area contributed by atoms with Crippen molar-refractivity contribution in [1.29, 1.82) is 0 Å². The molecule has 2 rings (SSSR count). The number of nitrogens with zero attached hydrogens (tertiary/aromatic N) is 1. The zero-order valence-corrected chi connectivity index (χ0v) is 11.3. The summed E-state index contributed by atoms with van der Waals surface area (Å²) in [6.07, 6.45) is 2.52. The maximum absolute atomic E-state index is 5.49. The van der Waals surface area contributed by atoms with Crippen molar-refractivity contribution >= 4 is 0 Å². The minimum atomic E-state index is 0.703. The quantitative estimate of drug-likeness (QED) is 0.867. The molecular weight excluding hydrogens is 212 g/mol. The highest BCUT2D eigenvalue weighted by Crippen LogP contribution is 2.15. The van der Waals surface area contributed by atoms with Crippen LogP contribution >= 0.6 is 0 Å². The summed E-state index contributed by atoms with van der Waals surface area (Å²) in [6.45, 7) is 8.28. The summed E-state index contributed by atoms with van der Waals surface area (Å²) in [5, 5.41) is 3.56. The Morgan fingerprint density at radius 3 is 2.88 bits per heavy atom. The Bertz CT molecular complexity index is 365. The van der Waals surface area contributed by atoms with E-state index in [1.54, 1.807) is 0 Å². The minimum absolute atomic E-state index is 0.703. The van der Waals surface area contributed by atoms with E-state index in [9.17, 15) is 0 Å². The third kappa shape index (κ3) is 3.11. The fourth-order valence-electron chi connectivity index (χ4n) is 2.49. The van der Waals surface area contributed by atoms with Gasteiger partial charge in [-0.05, 0) is 44.2 Å². The van der Waals surface area contributed by atoms with Crippen LogP contribution in [0.1, 0.15) is 29.8 Å². The number of hydrogen-bond acceptors (Lipinski definition) is 2. The number of hydrogen-bond donors (Lipinski definition) is 1. The molecule has 3 nitrogen and oxygen atoms in total. The van der Waals surface area contributed by atoms with Gasteiger partial charge < -0.3 is 14.6 Å². The standard InChI is InChI=1S/C14H24N2O/c1-11-7-14(12(2)16(11)3)9-15-8-13-5-4-6-17-10-13/h7,13,15H,4-6,8-10H2,1-3H3. The molecule has 0 amide bonds. The lowest BCUT2D eigenvalue weighted by Crippen LogP contribution is -2.28. The Morgan fingerprint density at radius 1 is 1.47 bits per heavy atom. The average Bonchev–Trinajstić information content (AvgIpc) is 2.59. The van der Waals surface area contributed by atoms with Crippen LogP contribution in [0.25, 0.3) is 0 Å². The van der Waals surface area contributed by atoms with E-state index < -0.39 is 0 Å². The van der Waals surface area contributed by atoms with Gasteiger partial charge in [-0.3, -0.25) is 0 Å². The van der Waals surface area contributed by atoms with Crippen LogP contribution in [0.3, 0.4) is 0 Å². The summed E-state index contributed by atoms with van der Waals surface area (Å²) in [7, 11) is 2.13. The summed E-state index contributed by atoms with van der Waals surface area (Å²) in [5.41, 5.74) is 4.12. The third-order valence-electron chi connectivity index (χ3n) is 3.88. The third-order valence-corrected chi connectivity index (χ3v) is 3.88. The van der Waals surface area contributed by atoms with Crippen molar-refractivity contribution in [2.75, 3.05) is 19.8 Å². The predicted molar refractivity (Wildman–Crippen MR) is 70.1 cm³/mol. The van der Waals surface area contributed by atoms with E-state index in [0.717, 1.165) is 26.3 Å². The SMILES string of the molecule is Cc1cc(CNCC2CCCOC2)c(C)n1C. The molecule has 1 saturated heterocycles. The van der Waals surface area contributed by atoms with Gasteiger partial charge in [0.25, 0.3) is 0 Å². The van der Waals surface area contributed by atoms with Gasteiger partial charge in [0.2, 0.25) is 0 Å². The predicted octanol–water partition coefficient (Wildman–Crippen LogP) is 2.16. The first kappa shape index (κ1) is 12.7. The van der Waals surface area contributed by atoms with Gasteiger partial charge in [0.1, 0.15) is 0 Å². The van der Waals surface area contributed by atoms with Crippen molar-refractivity contribution in [1.82, 2.24) is 9.88 Å². The number of rotatable bonds is 4. The molecule has 0 radical (unpaired) electrons. The zero-order chi connectivity index (χ0) is 12.3. The zero-order valence-electron chi connectivity index (χ0n) is 11.3. The number of aromatic nitrogens is 1. The summed E-state index contributed by atoms with van der Waals surface area (Å²) in [6, 6.07) is 2.28. The lowest BCUT2D eigenvalue weighted by molar-refractivity contribution is 0.0547. The highest BCUT2D eigenvalue weighted by Gasteiger charge is 2.13. The molecule has 0 aliphatic carbocycles. The van der Waals surface area contributed by atoms with Crippen molar-refractivity contribution in [2.45, 2.75) is 33.2 Å². The van der Waals surface area contributed by atoms with Crippen LogP contribution in [0, 0.1) is 19.8 Å². The fraction of sp³-hybridized carbons (Fsp3) is 0.714. The van der Waals surface area contributed by atoms with Crippen molar-refractivity contribution in [3.05, 3.63) is 23.0 Å². The second-order valence-corrected chi connectivity index (χ2v) is 5.17. The first-order chi connectivity index (χ1) is 8.18. The summed E-state index contributed by atoms with van der Waals surface area (Å²) in [5.74, 6) is 0.703. The van der Waals surface area contributed by atoms with Gasteiger partial charge in [-0.15, -0.1) is 0 Å². The van der Waals surface area contributed by atoms with E-state index in [-0.39, 0.29) is 0 Å². The maximum atomic E-state index is 5.49. The van der Waals surface area contributed by atoms with E-state index in [2.05, 4.69) is 36.8 Å². The second kappa shape index (κ2) is 5.69. The normalized spacial score (nSPS) is 20.8. The van der Waals surface area contributed by atoms with Crippen LogP contribution < -0.4 is 5.32 Å². The van der Waals surface area contributed by atoms with Crippen molar-refractivity contribution < 1.29 is 4.74 Å². The number of ether oxygens (including phenoxy) is 1. The lowest BCUT2D eigenvalue weighted by Gasteiger charge is -2.22. The Morgan fingerprint density at radius 2 is 2.29 bits per heavy atom. The van der Waals surface area contributed by atoms with Gasteiger partial charge in [0.15, 0.2) is 0 Å². The van der Waals surface area contributed by atoms with Gasteiger partial charge in [-0.2, -0.15) is 0 Å². The van der Waals surface area contributed by atoms with E-state index in [1.807, 2.05) is 0 Å². The highest BCUT2D eigenvalue weighted by molar-refractivity contribution is 5.26. The molecule has 0 bridgehead atoms. The number of nitrogens with one attached hydrogen (secondary N) is 1. The van der Waals surface area contributed by atoms with Crippen LogP contribution in [0.15, 0.2) is 6.07 Å². The molecule has 0 spiro atoms. The summed E-state index contributed by atoms with van der Waals surface area (Å²) in [4.78, 5) is 0. The molecule has 1 aromatic rings. The maximum Gasteiger partial charge on any atom is 0.0506 e. The molecule has 17 heavy (non-hydrogen) atoms. The van der Waals surface area contributed by atoms with Crippen molar-refractivity contribution in [2.24, 2.45) is 13.0 Å². The van der Waals surface area contributed by atoms with Gasteiger partial charge in [0.05, 0.1) is 6.61 Å². The van der Waals surface area contributed by atoms with Gasteiger partial charge in [0, 0.05) is 38.1 Å². The first-order valence-corrected chi connectivity index (χ1v) is 6.58. The molecule has 1 aliphatic rings. The van der Waals surface area contributed by atoms with E-state index in [1.165, 1.54) is 29.8 Å². The Hall–Kier alpha value is -0.800. The molecule has 96 valence electrons. The van der Waals surface area contributed by atoms with E-state index in [4.69, 9.17) is 4.74 Å². The van der Waals surface area contributed by atoms with Gasteiger partial charge >= 0.3 is 0 Å². The molecule has 1 fully saturated rings. The van der Waals surface area contributed by atoms with Crippen LogP contribution in [0.5, 0.6) is 0 Å². The number of aryl methyl sites for hydroxylation is 1. The largest absolute Gasteiger partial charge is 0.381 e. The van der Waals surface area contributed by atoms with Crippen molar-refractivity contribution in [3.8, 4) is 0 Å². The summed E-state index contributed by atoms with van der Waals surface area (Å²) >= 11 is 0. The topological polar surface area (TPSA) is 26.2 Å². The van der Waals surface area contributed by atoms with Crippen LogP contribution in [-0.4, -0.2) is 24.3 Å². The molecule has 2 heterocycles. The first-order valence-electron chi connectivity index (χ1n) is 6.58. The second-order valence-electron chi connectivity index (χ2n) is 5.17. The molecular formula is C14H24N2O. The molecule has 3 heteroatoms. The summed E-state index contributed by atoms with van der Waals surface area (Å²) < 4.78 is 7.74. The highest BCUT2D eigenvalue weighted by atomic mass is 16.5. The molecule has 1 N–H and O–H groups in total. The molecule has 0 aromatic carbocycles. The van der Waals surface area contributed by atoms with E-state index in [0.29, 0.717) is 5.92 Å². The Balaban J connectivity index is 1.79. The molecule has 1 unspecified atom stereocenters. The monoisotopic (exact) mass is 236 g/mol. The molecule has 0 saturated carbocycles. The van der Waals surface area contributed by atoms with Crippen LogP contribution in [0.4, 0.5) is 0 Å². The molecule has 1 aromatic heterocycles. The lowest BCUT2D eigenvalue weighted by atomic mass is 10.0.